The molecule has 66 valence electrons. The first-order valence-corrected chi connectivity index (χ1v) is 9.42. The van der Waals surface area contributed by atoms with Crippen molar-refractivity contribution in [2.45, 2.75) is 57.5 Å². The van der Waals surface area contributed by atoms with Crippen LogP contribution in [0.15, 0.2) is 0 Å². The molecule has 0 fully saturated rings. The summed E-state index contributed by atoms with van der Waals surface area (Å²) < 4.78 is 0. The molecule has 0 aliphatic carbocycles. The lowest BCUT2D eigenvalue weighted by Gasteiger charge is -2.27. The molecule has 0 saturated carbocycles. The highest BCUT2D eigenvalue weighted by Crippen LogP contribution is 2.26. The number of hydrogen-bond donors (Lipinski definition) is 0. The summed E-state index contributed by atoms with van der Waals surface area (Å²) in [7, 11) is 0.444. The number of hydrogen-bond acceptors (Lipinski definition) is 0. The lowest BCUT2D eigenvalue weighted by molar-refractivity contribution is 1.11. The third-order valence-corrected chi connectivity index (χ3v) is 10.2. The van der Waals surface area contributed by atoms with Crippen molar-refractivity contribution in [2.75, 3.05) is 0 Å². The minimum atomic E-state index is -0.731. The Bertz CT molecular complexity index is 79.3. The molecule has 0 aromatic carbocycles. The van der Waals surface area contributed by atoms with E-state index in [0.717, 1.165) is 0 Å². The van der Waals surface area contributed by atoms with E-state index in [-0.39, 0.29) is 0 Å². The van der Waals surface area contributed by atoms with Gasteiger partial charge in [-0.1, -0.05) is 57.5 Å². The molecular weight excluding hydrogens is 164 g/mol. The zero-order valence-corrected chi connectivity index (χ0v) is 10.5. The minimum Gasteiger partial charge on any atom is -0.0733 e. The van der Waals surface area contributed by atoms with E-state index >= 15 is 0 Å². The van der Waals surface area contributed by atoms with Crippen molar-refractivity contribution < 1.29 is 0 Å². The van der Waals surface area contributed by atoms with E-state index in [2.05, 4.69) is 27.3 Å². The van der Waals surface area contributed by atoms with Gasteiger partial charge in [0.1, 0.15) is 0 Å². The maximum atomic E-state index is 2.40. The van der Waals surface area contributed by atoms with Crippen molar-refractivity contribution in [1.82, 2.24) is 0 Å². The molecule has 0 nitrogen and oxygen atoms in total. The Morgan fingerprint density at radius 1 is 1.00 bits per heavy atom. The van der Waals surface area contributed by atoms with Crippen molar-refractivity contribution in [3.8, 4) is 0 Å². The van der Waals surface area contributed by atoms with Gasteiger partial charge in [0.25, 0.3) is 0 Å². The zero-order chi connectivity index (χ0) is 8.74. The Labute approximate surface area is 75.6 Å². The molecule has 0 aliphatic rings. The van der Waals surface area contributed by atoms with Gasteiger partial charge in [0.2, 0.25) is 0 Å². The van der Waals surface area contributed by atoms with Gasteiger partial charge in [0, 0.05) is 9.52 Å². The van der Waals surface area contributed by atoms with Crippen LogP contribution in [0.3, 0.4) is 0 Å². The topological polar surface area (TPSA) is 0 Å². The van der Waals surface area contributed by atoms with Crippen molar-refractivity contribution in [3.05, 3.63) is 0 Å². The third kappa shape index (κ3) is 3.56. The first-order chi connectivity index (χ1) is 5.24. The molecule has 0 spiro atoms. The zero-order valence-electron chi connectivity index (χ0n) is 8.54. The van der Waals surface area contributed by atoms with E-state index in [1.54, 1.807) is 6.04 Å². The van der Waals surface area contributed by atoms with Gasteiger partial charge in [-0.2, -0.15) is 0 Å². The van der Waals surface area contributed by atoms with Gasteiger partial charge < -0.3 is 0 Å². The molecule has 0 saturated heterocycles. The van der Waals surface area contributed by atoms with Crippen LogP contribution in [0.1, 0.15) is 20.8 Å². The van der Waals surface area contributed by atoms with E-state index in [1.165, 1.54) is 33.7 Å². The summed E-state index contributed by atoms with van der Waals surface area (Å²) >= 11 is 0. The summed E-state index contributed by atoms with van der Waals surface area (Å²) in [6, 6.07) is 7.60. The fourth-order valence-electron chi connectivity index (χ4n) is 1.67. The van der Waals surface area contributed by atoms with E-state index in [1.807, 2.05) is 0 Å². The molecule has 0 rings (SSSR count). The van der Waals surface area contributed by atoms with E-state index < -0.39 is 8.07 Å². The quantitative estimate of drug-likeness (QED) is 0.555. The second-order valence-electron chi connectivity index (χ2n) is 3.41. The van der Waals surface area contributed by atoms with Gasteiger partial charge in [-0.3, -0.25) is 0 Å². The van der Waals surface area contributed by atoms with Gasteiger partial charge in [0.05, 0.1) is 8.07 Å². The van der Waals surface area contributed by atoms with Crippen LogP contribution >= 0.6 is 0 Å². The van der Waals surface area contributed by atoms with Crippen LogP contribution in [0.25, 0.3) is 0 Å². The van der Waals surface area contributed by atoms with Crippen LogP contribution in [0, 0.1) is 0 Å². The third-order valence-electron chi connectivity index (χ3n) is 3.16. The average Bonchev–Trinajstić information content (AvgIpc) is 2.08. The van der Waals surface area contributed by atoms with Crippen LogP contribution in [0.5, 0.6) is 0 Å². The van der Waals surface area contributed by atoms with Gasteiger partial charge in [-0.05, 0) is 0 Å². The second-order valence-corrected chi connectivity index (χ2v) is 10.2. The Hall–Kier alpha value is 0.434. The Balaban J connectivity index is 3.84. The molecule has 11 heavy (non-hydrogen) atoms. The van der Waals surface area contributed by atoms with Crippen molar-refractivity contribution in [2.24, 2.45) is 0 Å². The van der Waals surface area contributed by atoms with Crippen LogP contribution in [0.4, 0.5) is 0 Å². The van der Waals surface area contributed by atoms with Crippen LogP contribution in [0.2, 0.25) is 36.8 Å². The summed E-state index contributed by atoms with van der Waals surface area (Å²) in [6.07, 6.45) is 0. The molecule has 0 amide bonds. The first-order valence-electron chi connectivity index (χ1n) is 4.89. The van der Waals surface area contributed by atoms with Crippen LogP contribution in [-0.4, -0.2) is 17.6 Å². The van der Waals surface area contributed by atoms with Gasteiger partial charge in [0.15, 0.2) is 0 Å². The second kappa shape index (κ2) is 6.01. The molecule has 2 radical (unpaired) electrons. The molecule has 0 aromatic heterocycles. The average molecular weight is 186 g/mol. The lowest BCUT2D eigenvalue weighted by atomic mass is 10.9. The van der Waals surface area contributed by atoms with Gasteiger partial charge in [-0.25, -0.2) is 0 Å². The SMILES string of the molecule is CC[Si](CC)(CC)CC[Si]C. The molecule has 0 aliphatic heterocycles. The highest BCUT2D eigenvalue weighted by atomic mass is 28.3. The molecular formula is C9H22Si2. The van der Waals surface area contributed by atoms with Crippen molar-refractivity contribution >= 4 is 17.6 Å². The normalized spacial score (nSPS) is 12.0. The molecule has 0 aromatic rings. The Morgan fingerprint density at radius 3 is 1.73 bits per heavy atom. The first kappa shape index (κ1) is 11.4. The lowest BCUT2D eigenvalue weighted by Crippen LogP contribution is -2.30. The molecule has 2 heteroatoms. The predicted octanol–water partition coefficient (Wildman–Crippen LogP) is 3.67. The highest BCUT2D eigenvalue weighted by molar-refractivity contribution is 6.80. The smallest absolute Gasteiger partial charge is 0.0524 e. The van der Waals surface area contributed by atoms with E-state index in [4.69, 9.17) is 0 Å². The van der Waals surface area contributed by atoms with Crippen molar-refractivity contribution in [3.63, 3.8) is 0 Å². The summed E-state index contributed by atoms with van der Waals surface area (Å²) in [5, 5.41) is 0. The predicted molar refractivity (Wildman–Crippen MR) is 58.4 cm³/mol. The van der Waals surface area contributed by atoms with Crippen molar-refractivity contribution in [1.29, 1.82) is 0 Å². The van der Waals surface area contributed by atoms with Gasteiger partial charge >= 0.3 is 0 Å². The van der Waals surface area contributed by atoms with Crippen LogP contribution < -0.4 is 0 Å². The molecule has 0 N–H and O–H groups in total. The molecule has 0 atom stereocenters. The van der Waals surface area contributed by atoms with Crippen LogP contribution in [-0.2, 0) is 0 Å². The van der Waals surface area contributed by atoms with E-state index in [0.29, 0.717) is 0 Å². The fourth-order valence-corrected chi connectivity index (χ4v) is 7.35. The number of rotatable bonds is 6. The van der Waals surface area contributed by atoms with E-state index in [9.17, 15) is 0 Å². The molecule has 0 heterocycles. The summed E-state index contributed by atoms with van der Waals surface area (Å²) in [5.41, 5.74) is 0. The standard InChI is InChI=1S/C9H22Si2/c1-5-11(6-2,7-3)9-8-10-4/h5-9H2,1-4H3. The summed E-state index contributed by atoms with van der Waals surface area (Å²) in [6.45, 7) is 9.54. The molecule has 0 bridgehead atoms. The summed E-state index contributed by atoms with van der Waals surface area (Å²) in [4.78, 5) is 0. The maximum absolute atomic E-state index is 2.40. The molecule has 0 unspecified atom stereocenters. The fraction of sp³-hybridized carbons (Fsp3) is 1.00. The Morgan fingerprint density at radius 2 is 1.45 bits per heavy atom. The minimum absolute atomic E-state index is 0.731. The monoisotopic (exact) mass is 186 g/mol. The Kier molecular flexibility index (Phi) is 6.24. The maximum Gasteiger partial charge on any atom is 0.0524 e. The highest BCUT2D eigenvalue weighted by Gasteiger charge is 2.24. The largest absolute Gasteiger partial charge is 0.0733 e. The summed E-state index contributed by atoms with van der Waals surface area (Å²) in [5.74, 6) is 0. The van der Waals surface area contributed by atoms with Gasteiger partial charge in [-0.15, -0.1) is 0 Å².